The standard InChI is InChI=1S/C17H26N2O2/c1-10(2)17(3,4)18-15(20)14-12-7-13(14)9-19(8-12)16(21)11-5-6-11/h11-14H,1,5-9H2,2-4H3,(H,18,20)/t12-,13+,14?. The zero-order valence-corrected chi connectivity index (χ0v) is 13.3. The average molecular weight is 290 g/mol. The van der Waals surface area contributed by atoms with Crippen molar-refractivity contribution in [2.24, 2.45) is 23.7 Å². The molecule has 2 saturated heterocycles. The zero-order valence-electron chi connectivity index (χ0n) is 13.3. The molecule has 116 valence electrons. The highest BCUT2D eigenvalue weighted by atomic mass is 16.2. The summed E-state index contributed by atoms with van der Waals surface area (Å²) in [7, 11) is 0. The normalized spacial score (nSPS) is 31.4. The molecule has 2 amide bonds. The number of amides is 2. The Hall–Kier alpha value is -1.32. The molecule has 2 aliphatic carbocycles. The van der Waals surface area contributed by atoms with Gasteiger partial charge in [-0.2, -0.15) is 0 Å². The molecule has 4 nitrogen and oxygen atoms in total. The fourth-order valence-corrected chi connectivity index (χ4v) is 3.58. The number of carbonyl (C=O) groups excluding carboxylic acids is 2. The summed E-state index contributed by atoms with van der Waals surface area (Å²) in [5.41, 5.74) is 0.607. The Morgan fingerprint density at radius 1 is 1.19 bits per heavy atom. The summed E-state index contributed by atoms with van der Waals surface area (Å²) in [6.07, 6.45) is 3.21. The Morgan fingerprint density at radius 3 is 2.24 bits per heavy atom. The quantitative estimate of drug-likeness (QED) is 0.805. The summed E-state index contributed by atoms with van der Waals surface area (Å²) >= 11 is 0. The molecule has 2 saturated carbocycles. The van der Waals surface area contributed by atoms with Gasteiger partial charge in [0.25, 0.3) is 0 Å². The van der Waals surface area contributed by atoms with Crippen LogP contribution in [0.4, 0.5) is 0 Å². The van der Waals surface area contributed by atoms with Crippen LogP contribution in [0, 0.1) is 23.7 Å². The van der Waals surface area contributed by atoms with E-state index in [0.29, 0.717) is 17.7 Å². The SMILES string of the molecule is C=C(C)C(C)(C)NC(=O)C1[C@@H]2C[C@H]1CN(C(=O)C1CC1)C2. The monoisotopic (exact) mass is 290 g/mol. The predicted octanol–water partition coefficient (Wildman–Crippen LogP) is 1.96. The van der Waals surface area contributed by atoms with Crippen LogP contribution in [0.1, 0.15) is 40.0 Å². The van der Waals surface area contributed by atoms with Gasteiger partial charge in [0.15, 0.2) is 0 Å². The number of nitrogens with zero attached hydrogens (tertiary/aromatic N) is 1. The van der Waals surface area contributed by atoms with Crippen molar-refractivity contribution in [2.45, 2.75) is 45.6 Å². The molecule has 0 spiro atoms. The topological polar surface area (TPSA) is 49.4 Å². The molecule has 21 heavy (non-hydrogen) atoms. The number of fused-ring (bicyclic) bond motifs is 2. The molecule has 2 bridgehead atoms. The fraction of sp³-hybridized carbons (Fsp3) is 0.765. The molecule has 3 atom stereocenters. The number of hydrogen-bond donors (Lipinski definition) is 1. The van der Waals surface area contributed by atoms with E-state index < -0.39 is 0 Å². The molecule has 1 unspecified atom stereocenters. The Morgan fingerprint density at radius 2 is 1.76 bits per heavy atom. The zero-order chi connectivity index (χ0) is 15.4. The van der Waals surface area contributed by atoms with Gasteiger partial charge in [-0.05, 0) is 51.9 Å². The van der Waals surface area contributed by atoms with Crippen molar-refractivity contribution in [1.82, 2.24) is 10.2 Å². The maximum absolute atomic E-state index is 12.5. The van der Waals surface area contributed by atoms with Gasteiger partial charge >= 0.3 is 0 Å². The van der Waals surface area contributed by atoms with Crippen LogP contribution in [0.15, 0.2) is 12.2 Å². The van der Waals surface area contributed by atoms with Crippen molar-refractivity contribution in [3.05, 3.63) is 12.2 Å². The van der Waals surface area contributed by atoms with Gasteiger partial charge in [0.05, 0.1) is 5.54 Å². The first-order chi connectivity index (χ1) is 9.79. The van der Waals surface area contributed by atoms with Gasteiger partial charge in [0.1, 0.15) is 0 Å². The molecule has 4 aliphatic rings. The van der Waals surface area contributed by atoms with E-state index in [1.54, 1.807) is 0 Å². The molecule has 0 aromatic rings. The second-order valence-corrected chi connectivity index (χ2v) is 7.69. The predicted molar refractivity (Wildman–Crippen MR) is 81.4 cm³/mol. The Balaban J connectivity index is 1.59. The third-order valence-corrected chi connectivity index (χ3v) is 5.57. The van der Waals surface area contributed by atoms with E-state index in [2.05, 4.69) is 11.9 Å². The van der Waals surface area contributed by atoms with Gasteiger partial charge in [-0.1, -0.05) is 12.2 Å². The summed E-state index contributed by atoms with van der Waals surface area (Å²) in [4.78, 5) is 26.7. The third-order valence-electron chi connectivity index (χ3n) is 5.57. The highest BCUT2D eigenvalue weighted by Crippen LogP contribution is 2.47. The van der Waals surface area contributed by atoms with Crippen molar-refractivity contribution in [2.75, 3.05) is 13.1 Å². The van der Waals surface area contributed by atoms with Crippen LogP contribution in [0.25, 0.3) is 0 Å². The molecule has 2 aliphatic heterocycles. The molecule has 4 rings (SSSR count). The van der Waals surface area contributed by atoms with Crippen molar-refractivity contribution >= 4 is 11.8 Å². The van der Waals surface area contributed by atoms with E-state index in [4.69, 9.17) is 0 Å². The van der Waals surface area contributed by atoms with E-state index in [9.17, 15) is 9.59 Å². The summed E-state index contributed by atoms with van der Waals surface area (Å²) in [5.74, 6) is 1.55. The summed E-state index contributed by atoms with van der Waals surface area (Å²) in [5, 5.41) is 3.12. The van der Waals surface area contributed by atoms with Crippen LogP contribution in [0.2, 0.25) is 0 Å². The van der Waals surface area contributed by atoms with Gasteiger partial charge in [-0.3, -0.25) is 9.59 Å². The van der Waals surface area contributed by atoms with E-state index in [1.165, 1.54) is 0 Å². The third kappa shape index (κ3) is 2.60. The molecule has 2 heterocycles. The fourth-order valence-electron chi connectivity index (χ4n) is 3.58. The second kappa shape index (κ2) is 4.85. The van der Waals surface area contributed by atoms with Gasteiger partial charge in [0, 0.05) is 24.9 Å². The van der Waals surface area contributed by atoms with E-state index in [0.717, 1.165) is 37.9 Å². The lowest BCUT2D eigenvalue weighted by atomic mass is 9.61. The molecular weight excluding hydrogens is 264 g/mol. The number of hydrogen-bond acceptors (Lipinski definition) is 2. The maximum atomic E-state index is 12.5. The minimum atomic E-state index is -0.357. The van der Waals surface area contributed by atoms with Crippen LogP contribution >= 0.6 is 0 Å². The minimum Gasteiger partial charge on any atom is -0.347 e. The van der Waals surface area contributed by atoms with Crippen LogP contribution in [-0.4, -0.2) is 35.3 Å². The molecule has 4 heteroatoms. The number of nitrogens with one attached hydrogen (secondary N) is 1. The average Bonchev–Trinajstić information content (AvgIpc) is 3.21. The molecule has 0 aromatic carbocycles. The van der Waals surface area contributed by atoms with E-state index in [1.807, 2.05) is 25.7 Å². The molecule has 1 N–H and O–H groups in total. The van der Waals surface area contributed by atoms with Crippen molar-refractivity contribution in [3.63, 3.8) is 0 Å². The first-order valence-corrected chi connectivity index (χ1v) is 8.06. The Kier molecular flexibility index (Phi) is 3.38. The van der Waals surface area contributed by atoms with Crippen molar-refractivity contribution < 1.29 is 9.59 Å². The number of carbonyl (C=O) groups is 2. The van der Waals surface area contributed by atoms with E-state index >= 15 is 0 Å². The van der Waals surface area contributed by atoms with Crippen molar-refractivity contribution in [3.8, 4) is 0 Å². The van der Waals surface area contributed by atoms with E-state index in [-0.39, 0.29) is 23.3 Å². The van der Waals surface area contributed by atoms with Crippen molar-refractivity contribution in [1.29, 1.82) is 0 Å². The first kappa shape index (κ1) is 14.6. The van der Waals surface area contributed by atoms with Crippen LogP contribution < -0.4 is 5.32 Å². The Labute approximate surface area is 127 Å². The largest absolute Gasteiger partial charge is 0.347 e. The number of rotatable bonds is 4. The van der Waals surface area contributed by atoms with Gasteiger partial charge in [0.2, 0.25) is 11.8 Å². The lowest BCUT2D eigenvalue weighted by molar-refractivity contribution is -0.153. The highest BCUT2D eigenvalue weighted by molar-refractivity contribution is 5.84. The van der Waals surface area contributed by atoms with Gasteiger partial charge in [-0.15, -0.1) is 0 Å². The number of piperidine rings is 2. The Bertz CT molecular complexity index is 481. The van der Waals surface area contributed by atoms with Crippen LogP contribution in [0.3, 0.4) is 0 Å². The molecule has 4 fully saturated rings. The smallest absolute Gasteiger partial charge is 0.225 e. The second-order valence-electron chi connectivity index (χ2n) is 7.69. The summed E-state index contributed by atoms with van der Waals surface area (Å²) < 4.78 is 0. The highest BCUT2D eigenvalue weighted by Gasteiger charge is 2.52. The first-order valence-electron chi connectivity index (χ1n) is 8.06. The molecular formula is C17H26N2O2. The summed E-state index contributed by atoms with van der Waals surface area (Å²) in [6.45, 7) is 11.4. The lowest BCUT2D eigenvalue weighted by Gasteiger charge is -2.53. The van der Waals surface area contributed by atoms with Gasteiger partial charge < -0.3 is 10.2 Å². The lowest BCUT2D eigenvalue weighted by Crippen LogP contribution is -2.62. The van der Waals surface area contributed by atoms with Gasteiger partial charge in [-0.25, -0.2) is 0 Å². The molecule has 0 aromatic heterocycles. The summed E-state index contributed by atoms with van der Waals surface area (Å²) in [6, 6.07) is 0. The van der Waals surface area contributed by atoms with Crippen LogP contribution in [-0.2, 0) is 9.59 Å². The van der Waals surface area contributed by atoms with Crippen LogP contribution in [0.5, 0.6) is 0 Å². The molecule has 0 radical (unpaired) electrons. The minimum absolute atomic E-state index is 0.0897. The maximum Gasteiger partial charge on any atom is 0.225 e.